The molecule has 0 unspecified atom stereocenters. The number of rotatable bonds is 13. The van der Waals surface area contributed by atoms with Gasteiger partial charge in [0.05, 0.1) is 19.3 Å². The molecule has 0 saturated heterocycles. The van der Waals surface area contributed by atoms with Crippen LogP contribution in [0.5, 0.6) is 5.75 Å². The lowest BCUT2D eigenvalue weighted by Gasteiger charge is -2.22. The third-order valence-corrected chi connectivity index (χ3v) is 4.33. The molecule has 2 aromatic rings. The molecule has 0 spiro atoms. The van der Waals surface area contributed by atoms with Gasteiger partial charge in [0.1, 0.15) is 12.0 Å². The quantitative estimate of drug-likeness (QED) is 0.466. The predicted octanol–water partition coefficient (Wildman–Crippen LogP) is 2.52. The maximum atomic E-state index is 12.9. The lowest BCUT2D eigenvalue weighted by molar-refractivity contribution is 0.0943. The van der Waals surface area contributed by atoms with Crippen molar-refractivity contribution in [1.82, 2.24) is 15.2 Å². The van der Waals surface area contributed by atoms with Crippen LogP contribution in [0.1, 0.15) is 29.2 Å². The third-order valence-electron chi connectivity index (χ3n) is 4.33. The van der Waals surface area contributed by atoms with Crippen LogP contribution in [0.3, 0.4) is 0 Å². The van der Waals surface area contributed by atoms with Crippen molar-refractivity contribution >= 4 is 17.6 Å². The van der Waals surface area contributed by atoms with Crippen LogP contribution in [0.4, 0.5) is 10.5 Å². The Morgan fingerprint density at radius 2 is 1.84 bits per heavy atom. The molecule has 0 aliphatic rings. The summed E-state index contributed by atoms with van der Waals surface area (Å²) < 4.78 is 20.7. The van der Waals surface area contributed by atoms with Crippen molar-refractivity contribution in [3.05, 3.63) is 42.1 Å². The summed E-state index contributed by atoms with van der Waals surface area (Å²) in [5.74, 6) is 0.474. The number of urea groups is 1. The predicted molar refractivity (Wildman–Crippen MR) is 114 cm³/mol. The van der Waals surface area contributed by atoms with Gasteiger partial charge in [-0.15, -0.1) is 0 Å². The highest BCUT2D eigenvalue weighted by Crippen LogP contribution is 2.23. The van der Waals surface area contributed by atoms with Gasteiger partial charge in [-0.3, -0.25) is 4.79 Å². The Morgan fingerprint density at radius 1 is 1.10 bits per heavy atom. The number of hydrogen-bond donors (Lipinski definition) is 2. The molecule has 0 fully saturated rings. The average molecular weight is 434 g/mol. The van der Waals surface area contributed by atoms with E-state index in [1.807, 2.05) is 6.07 Å². The van der Waals surface area contributed by atoms with Crippen molar-refractivity contribution in [3.8, 4) is 5.75 Å². The van der Waals surface area contributed by atoms with Gasteiger partial charge in [-0.2, -0.15) is 0 Å². The zero-order valence-electron chi connectivity index (χ0n) is 18.2. The first-order chi connectivity index (χ1) is 15.1. The number of benzene rings is 1. The molecule has 10 nitrogen and oxygen atoms in total. The molecule has 1 aromatic heterocycles. The summed E-state index contributed by atoms with van der Waals surface area (Å²) in [5.41, 5.74) is 0.713. The second-order valence-electron chi connectivity index (χ2n) is 6.63. The van der Waals surface area contributed by atoms with E-state index in [0.29, 0.717) is 50.6 Å². The van der Waals surface area contributed by atoms with Crippen LogP contribution >= 0.6 is 0 Å². The van der Waals surface area contributed by atoms with Crippen LogP contribution in [0.2, 0.25) is 0 Å². The SMILES string of the molecule is COCCCNC(=O)c1coc(CN(CCCOC)C(=O)Nc2ccccc2OC)n1. The summed E-state index contributed by atoms with van der Waals surface area (Å²) >= 11 is 0. The van der Waals surface area contributed by atoms with Crippen molar-refractivity contribution in [1.29, 1.82) is 0 Å². The number of amides is 3. The Balaban J connectivity index is 2.02. The van der Waals surface area contributed by atoms with Crippen LogP contribution in [0.15, 0.2) is 34.9 Å². The molecule has 170 valence electrons. The fourth-order valence-corrected chi connectivity index (χ4v) is 2.75. The second kappa shape index (κ2) is 13.2. The lowest BCUT2D eigenvalue weighted by atomic mass is 10.3. The van der Waals surface area contributed by atoms with Gasteiger partial charge in [0.2, 0.25) is 5.89 Å². The molecule has 0 saturated carbocycles. The van der Waals surface area contributed by atoms with Crippen LogP contribution in [0.25, 0.3) is 0 Å². The van der Waals surface area contributed by atoms with Gasteiger partial charge >= 0.3 is 6.03 Å². The minimum Gasteiger partial charge on any atom is -0.495 e. The fraction of sp³-hybridized carbons (Fsp3) is 0.476. The smallest absolute Gasteiger partial charge is 0.322 e. The minimum atomic E-state index is -0.343. The van der Waals surface area contributed by atoms with Gasteiger partial charge in [0.15, 0.2) is 5.69 Å². The number of nitrogens with one attached hydrogen (secondary N) is 2. The molecule has 31 heavy (non-hydrogen) atoms. The number of carbonyl (C=O) groups is 2. The number of nitrogens with zero attached hydrogens (tertiary/aromatic N) is 2. The number of ether oxygens (including phenoxy) is 3. The van der Waals surface area contributed by atoms with Crippen molar-refractivity contribution in [2.24, 2.45) is 0 Å². The van der Waals surface area contributed by atoms with Gasteiger partial charge in [0, 0.05) is 40.5 Å². The summed E-state index contributed by atoms with van der Waals surface area (Å²) in [5, 5.41) is 5.58. The number of hydrogen-bond acceptors (Lipinski definition) is 7. The number of oxazole rings is 1. The van der Waals surface area contributed by atoms with Gasteiger partial charge in [-0.05, 0) is 25.0 Å². The Labute approximate surface area is 181 Å². The molecule has 2 N–H and O–H groups in total. The summed E-state index contributed by atoms with van der Waals surface area (Å²) in [6.45, 7) is 2.04. The fourth-order valence-electron chi connectivity index (χ4n) is 2.75. The third kappa shape index (κ3) is 7.91. The molecule has 0 aliphatic carbocycles. The molecule has 0 radical (unpaired) electrons. The highest BCUT2D eigenvalue weighted by molar-refractivity contribution is 5.92. The summed E-state index contributed by atoms with van der Waals surface area (Å²) in [6, 6.07) is 6.79. The van der Waals surface area contributed by atoms with Crippen LogP contribution < -0.4 is 15.4 Å². The zero-order valence-corrected chi connectivity index (χ0v) is 18.2. The molecule has 0 bridgehead atoms. The topological polar surface area (TPSA) is 115 Å². The molecule has 0 atom stereocenters. The number of carbonyl (C=O) groups excluding carboxylic acids is 2. The first-order valence-electron chi connectivity index (χ1n) is 9.98. The highest BCUT2D eigenvalue weighted by atomic mass is 16.5. The van der Waals surface area contributed by atoms with E-state index in [0.717, 1.165) is 0 Å². The largest absolute Gasteiger partial charge is 0.495 e. The second-order valence-corrected chi connectivity index (χ2v) is 6.63. The molecular formula is C21H30N4O6. The maximum absolute atomic E-state index is 12.9. The Hall–Kier alpha value is -3.11. The van der Waals surface area contributed by atoms with E-state index >= 15 is 0 Å². The number of aromatic nitrogens is 1. The molecule has 2 rings (SSSR count). The number of anilines is 1. The zero-order chi connectivity index (χ0) is 22.5. The highest BCUT2D eigenvalue weighted by Gasteiger charge is 2.19. The van der Waals surface area contributed by atoms with Gasteiger partial charge in [-0.25, -0.2) is 9.78 Å². The van der Waals surface area contributed by atoms with Crippen molar-refractivity contribution in [2.45, 2.75) is 19.4 Å². The van der Waals surface area contributed by atoms with Crippen LogP contribution in [-0.4, -0.2) is 69.5 Å². The Bertz CT molecular complexity index is 826. The molecule has 3 amide bonds. The summed E-state index contributed by atoms with van der Waals surface area (Å²) in [7, 11) is 4.75. The van der Waals surface area contributed by atoms with E-state index in [4.69, 9.17) is 18.6 Å². The van der Waals surface area contributed by atoms with Crippen LogP contribution in [0, 0.1) is 0 Å². The van der Waals surface area contributed by atoms with Crippen molar-refractivity contribution in [3.63, 3.8) is 0 Å². The molecule has 1 aromatic carbocycles. The molecule has 0 aliphatic heterocycles. The lowest BCUT2D eigenvalue weighted by Crippen LogP contribution is -2.36. The minimum absolute atomic E-state index is 0.0989. The summed E-state index contributed by atoms with van der Waals surface area (Å²) in [4.78, 5) is 30.8. The van der Waals surface area contributed by atoms with Crippen molar-refractivity contribution < 1.29 is 28.2 Å². The van der Waals surface area contributed by atoms with E-state index in [-0.39, 0.29) is 30.1 Å². The number of para-hydroxylation sites is 2. The monoisotopic (exact) mass is 434 g/mol. The van der Waals surface area contributed by atoms with E-state index in [9.17, 15) is 9.59 Å². The molecular weight excluding hydrogens is 404 g/mol. The van der Waals surface area contributed by atoms with Gasteiger partial charge < -0.3 is 34.2 Å². The summed E-state index contributed by atoms with van der Waals surface area (Å²) in [6.07, 6.45) is 2.61. The average Bonchev–Trinajstić information content (AvgIpc) is 3.25. The van der Waals surface area contributed by atoms with E-state index in [1.165, 1.54) is 18.3 Å². The number of methoxy groups -OCH3 is 3. The molecule has 10 heteroatoms. The van der Waals surface area contributed by atoms with Crippen molar-refractivity contribution in [2.75, 3.05) is 52.9 Å². The van der Waals surface area contributed by atoms with Gasteiger partial charge in [-0.1, -0.05) is 12.1 Å². The first kappa shape index (κ1) is 24.2. The first-order valence-corrected chi connectivity index (χ1v) is 9.98. The van der Waals surface area contributed by atoms with Gasteiger partial charge in [0.25, 0.3) is 5.91 Å². The van der Waals surface area contributed by atoms with E-state index < -0.39 is 0 Å². The van der Waals surface area contributed by atoms with E-state index in [1.54, 1.807) is 32.4 Å². The Morgan fingerprint density at radius 3 is 2.58 bits per heavy atom. The Kier molecular flexibility index (Phi) is 10.3. The molecule has 1 heterocycles. The normalized spacial score (nSPS) is 10.5. The standard InChI is InChI=1S/C21H30N4O6/c1-28-12-6-10-22-20(26)17-15-31-19(23-17)14-25(11-7-13-29-2)21(27)24-16-8-4-5-9-18(16)30-3/h4-5,8-9,15H,6-7,10-14H2,1-3H3,(H,22,26)(H,24,27). The maximum Gasteiger partial charge on any atom is 0.322 e. The van der Waals surface area contributed by atoms with Crippen LogP contribution in [-0.2, 0) is 16.0 Å². The van der Waals surface area contributed by atoms with E-state index in [2.05, 4.69) is 15.6 Å².